The fraction of sp³-hybridized carbons (Fsp3) is 0.286. The third-order valence-electron chi connectivity index (χ3n) is 4.48. The van der Waals surface area contributed by atoms with E-state index in [1.165, 1.54) is 37.3 Å². The number of halogens is 1. The van der Waals surface area contributed by atoms with E-state index >= 15 is 0 Å². The molecule has 0 saturated heterocycles. The molecule has 0 fully saturated rings. The standard InChI is InChI=1S/C21H23FN2O4/c1-4-11-21(3,20(27)28)24-18(25)14-10-9-13(2)17(12-14)23-19(26)15-7-5-6-8-16(15)22/h5-10,12H,4,11H2,1-3H3,(H,23,26)(H,24,25)(H,27,28). The molecule has 7 heteroatoms. The number of carboxylic acids is 1. The molecule has 0 aromatic heterocycles. The summed E-state index contributed by atoms with van der Waals surface area (Å²) in [5.74, 6) is -2.98. The van der Waals surface area contributed by atoms with Crippen LogP contribution in [0, 0.1) is 12.7 Å². The number of carbonyl (C=O) groups is 3. The Morgan fingerprint density at radius 1 is 1.11 bits per heavy atom. The van der Waals surface area contributed by atoms with Crippen LogP contribution < -0.4 is 10.6 Å². The van der Waals surface area contributed by atoms with E-state index in [0.29, 0.717) is 17.7 Å². The maximum atomic E-state index is 13.8. The lowest BCUT2D eigenvalue weighted by atomic mass is 9.95. The van der Waals surface area contributed by atoms with Crippen LogP contribution in [0.25, 0.3) is 0 Å². The van der Waals surface area contributed by atoms with Gasteiger partial charge in [-0.1, -0.05) is 31.5 Å². The third-order valence-corrected chi connectivity index (χ3v) is 4.48. The van der Waals surface area contributed by atoms with Gasteiger partial charge in [0.2, 0.25) is 0 Å². The lowest BCUT2D eigenvalue weighted by Crippen LogP contribution is -2.52. The Hall–Kier alpha value is -3.22. The van der Waals surface area contributed by atoms with Gasteiger partial charge in [-0.25, -0.2) is 9.18 Å². The van der Waals surface area contributed by atoms with Crippen LogP contribution in [0.15, 0.2) is 42.5 Å². The number of carboxylic acid groups (broad SMARTS) is 1. The molecule has 0 aliphatic heterocycles. The summed E-state index contributed by atoms with van der Waals surface area (Å²) >= 11 is 0. The maximum Gasteiger partial charge on any atom is 0.329 e. The van der Waals surface area contributed by atoms with Gasteiger partial charge in [0.25, 0.3) is 11.8 Å². The van der Waals surface area contributed by atoms with E-state index in [9.17, 15) is 23.9 Å². The van der Waals surface area contributed by atoms with E-state index in [-0.39, 0.29) is 17.5 Å². The number of carbonyl (C=O) groups excluding carboxylic acids is 2. The monoisotopic (exact) mass is 386 g/mol. The number of hydrogen-bond acceptors (Lipinski definition) is 3. The molecule has 0 saturated carbocycles. The average Bonchev–Trinajstić information content (AvgIpc) is 2.63. The van der Waals surface area contributed by atoms with E-state index in [2.05, 4.69) is 10.6 Å². The van der Waals surface area contributed by atoms with Crippen LogP contribution >= 0.6 is 0 Å². The number of amides is 2. The molecular formula is C21H23FN2O4. The van der Waals surface area contributed by atoms with Crippen LogP contribution in [0.4, 0.5) is 10.1 Å². The summed E-state index contributed by atoms with van der Waals surface area (Å²) in [6, 6.07) is 10.2. The topological polar surface area (TPSA) is 95.5 Å². The first-order valence-corrected chi connectivity index (χ1v) is 8.90. The Morgan fingerprint density at radius 2 is 1.79 bits per heavy atom. The first kappa shape index (κ1) is 21.1. The zero-order valence-electron chi connectivity index (χ0n) is 16.0. The molecule has 3 N–H and O–H groups in total. The molecule has 2 rings (SSSR count). The smallest absolute Gasteiger partial charge is 0.329 e. The molecule has 0 spiro atoms. The van der Waals surface area contributed by atoms with Crippen molar-refractivity contribution < 1.29 is 23.9 Å². The van der Waals surface area contributed by atoms with Crippen molar-refractivity contribution in [1.82, 2.24) is 5.32 Å². The fourth-order valence-corrected chi connectivity index (χ4v) is 2.78. The van der Waals surface area contributed by atoms with Crippen molar-refractivity contribution in [3.05, 3.63) is 65.0 Å². The van der Waals surface area contributed by atoms with Crippen molar-refractivity contribution in [1.29, 1.82) is 0 Å². The summed E-state index contributed by atoms with van der Waals surface area (Å²) in [5, 5.41) is 14.6. The molecule has 0 heterocycles. The Bertz CT molecular complexity index is 913. The number of hydrogen-bond donors (Lipinski definition) is 3. The lowest BCUT2D eigenvalue weighted by Gasteiger charge is -2.26. The van der Waals surface area contributed by atoms with Crippen LogP contribution in [-0.4, -0.2) is 28.4 Å². The first-order valence-electron chi connectivity index (χ1n) is 8.90. The third kappa shape index (κ3) is 4.73. The van der Waals surface area contributed by atoms with Crippen molar-refractivity contribution in [3.8, 4) is 0 Å². The Labute approximate surface area is 162 Å². The van der Waals surface area contributed by atoms with E-state index in [1.54, 1.807) is 19.1 Å². The Kier molecular flexibility index (Phi) is 6.51. The van der Waals surface area contributed by atoms with Gasteiger partial charge >= 0.3 is 5.97 Å². The summed E-state index contributed by atoms with van der Waals surface area (Å²) in [7, 11) is 0. The van der Waals surface area contributed by atoms with Gasteiger partial charge < -0.3 is 15.7 Å². The lowest BCUT2D eigenvalue weighted by molar-refractivity contribution is -0.144. The van der Waals surface area contributed by atoms with Crippen molar-refractivity contribution in [2.45, 2.75) is 39.2 Å². The Balaban J connectivity index is 2.25. The minimum Gasteiger partial charge on any atom is -0.480 e. The number of aliphatic carboxylic acids is 1. The second kappa shape index (κ2) is 8.65. The number of aryl methyl sites for hydroxylation is 1. The Morgan fingerprint density at radius 3 is 2.39 bits per heavy atom. The van der Waals surface area contributed by atoms with Gasteiger partial charge in [0.1, 0.15) is 11.4 Å². The first-order chi connectivity index (χ1) is 13.2. The predicted molar refractivity (Wildman–Crippen MR) is 104 cm³/mol. The SMILES string of the molecule is CCCC(C)(NC(=O)c1ccc(C)c(NC(=O)c2ccccc2F)c1)C(=O)O. The molecular weight excluding hydrogens is 363 g/mol. The molecule has 28 heavy (non-hydrogen) atoms. The molecule has 0 aliphatic carbocycles. The number of anilines is 1. The largest absolute Gasteiger partial charge is 0.480 e. The predicted octanol–water partition coefficient (Wildman–Crippen LogP) is 3.76. The van der Waals surface area contributed by atoms with Crippen LogP contribution in [0.3, 0.4) is 0 Å². The molecule has 0 radical (unpaired) electrons. The summed E-state index contributed by atoms with van der Waals surface area (Å²) in [6.07, 6.45) is 0.859. The summed E-state index contributed by atoms with van der Waals surface area (Å²) in [6.45, 7) is 5.01. The van der Waals surface area contributed by atoms with E-state index in [1.807, 2.05) is 6.92 Å². The van der Waals surface area contributed by atoms with Crippen molar-refractivity contribution in [2.75, 3.05) is 5.32 Å². The second-order valence-electron chi connectivity index (χ2n) is 6.81. The fourth-order valence-electron chi connectivity index (χ4n) is 2.78. The summed E-state index contributed by atoms with van der Waals surface area (Å²) in [4.78, 5) is 36.4. The number of benzene rings is 2. The molecule has 2 aromatic rings. The van der Waals surface area contributed by atoms with Gasteiger partial charge in [0, 0.05) is 11.3 Å². The zero-order valence-corrected chi connectivity index (χ0v) is 16.0. The molecule has 2 amide bonds. The van der Waals surface area contributed by atoms with Crippen molar-refractivity contribution in [3.63, 3.8) is 0 Å². The molecule has 2 aromatic carbocycles. The van der Waals surface area contributed by atoms with Crippen molar-refractivity contribution in [2.24, 2.45) is 0 Å². The highest BCUT2D eigenvalue weighted by Crippen LogP contribution is 2.20. The zero-order chi connectivity index (χ0) is 20.9. The summed E-state index contributed by atoms with van der Waals surface area (Å²) in [5.41, 5.74) is -0.298. The van der Waals surface area contributed by atoms with Gasteiger partial charge in [-0.3, -0.25) is 9.59 Å². The van der Waals surface area contributed by atoms with Gasteiger partial charge in [0.15, 0.2) is 0 Å². The van der Waals surface area contributed by atoms with E-state index < -0.39 is 29.1 Å². The van der Waals surface area contributed by atoms with Gasteiger partial charge in [-0.05, 0) is 50.1 Å². The van der Waals surface area contributed by atoms with Crippen LogP contribution in [0.2, 0.25) is 0 Å². The number of rotatable bonds is 7. The van der Waals surface area contributed by atoms with Gasteiger partial charge in [-0.2, -0.15) is 0 Å². The molecule has 6 nitrogen and oxygen atoms in total. The van der Waals surface area contributed by atoms with Gasteiger partial charge in [0.05, 0.1) is 5.56 Å². The minimum absolute atomic E-state index is 0.113. The van der Waals surface area contributed by atoms with Crippen LogP contribution in [0.1, 0.15) is 53.0 Å². The highest BCUT2D eigenvalue weighted by Gasteiger charge is 2.34. The minimum atomic E-state index is -1.40. The van der Waals surface area contributed by atoms with E-state index in [0.717, 1.165) is 0 Å². The second-order valence-corrected chi connectivity index (χ2v) is 6.81. The maximum absolute atomic E-state index is 13.8. The van der Waals surface area contributed by atoms with Gasteiger partial charge in [-0.15, -0.1) is 0 Å². The van der Waals surface area contributed by atoms with Crippen LogP contribution in [0.5, 0.6) is 0 Å². The van der Waals surface area contributed by atoms with Crippen LogP contribution in [-0.2, 0) is 4.79 Å². The number of nitrogens with one attached hydrogen (secondary N) is 2. The molecule has 1 atom stereocenters. The molecule has 1 unspecified atom stereocenters. The van der Waals surface area contributed by atoms with Crippen molar-refractivity contribution >= 4 is 23.5 Å². The highest BCUT2D eigenvalue weighted by molar-refractivity contribution is 6.06. The normalized spacial score (nSPS) is 12.7. The highest BCUT2D eigenvalue weighted by atomic mass is 19.1. The average molecular weight is 386 g/mol. The molecule has 0 bridgehead atoms. The molecule has 148 valence electrons. The quantitative estimate of drug-likeness (QED) is 0.675. The summed E-state index contributed by atoms with van der Waals surface area (Å²) < 4.78 is 13.8. The molecule has 0 aliphatic rings. The van der Waals surface area contributed by atoms with E-state index in [4.69, 9.17) is 0 Å².